The van der Waals surface area contributed by atoms with Gasteiger partial charge in [-0.25, -0.2) is 4.79 Å². The van der Waals surface area contributed by atoms with Crippen LogP contribution in [0.1, 0.15) is 15.9 Å². The van der Waals surface area contributed by atoms with E-state index in [-0.39, 0.29) is 5.91 Å². The Hall–Kier alpha value is -3.99. The van der Waals surface area contributed by atoms with E-state index in [0.29, 0.717) is 17.5 Å². The van der Waals surface area contributed by atoms with Crippen LogP contribution in [0.25, 0.3) is 22.0 Å². The molecule has 0 bridgehead atoms. The molecule has 5 nitrogen and oxygen atoms in total. The molecule has 1 N–H and O–H groups in total. The third-order valence-corrected chi connectivity index (χ3v) is 5.17. The number of aromatic nitrogens is 1. The molecule has 0 spiro atoms. The van der Waals surface area contributed by atoms with Gasteiger partial charge in [0.15, 0.2) is 0 Å². The second-order valence-electron chi connectivity index (χ2n) is 7.20. The Morgan fingerprint density at radius 1 is 0.871 bits per heavy atom. The maximum atomic E-state index is 13.0. The van der Waals surface area contributed by atoms with E-state index in [9.17, 15) is 9.59 Å². The Balaban J connectivity index is 1.54. The van der Waals surface area contributed by atoms with Gasteiger partial charge in [-0.2, -0.15) is 0 Å². The van der Waals surface area contributed by atoms with Crippen LogP contribution in [0.5, 0.6) is 0 Å². The number of fused-ring (bicyclic) bond motifs is 1. The summed E-state index contributed by atoms with van der Waals surface area (Å²) >= 11 is 0. The van der Waals surface area contributed by atoms with Crippen molar-refractivity contribution in [1.82, 2.24) is 10.3 Å². The summed E-state index contributed by atoms with van der Waals surface area (Å²) in [5, 5.41) is 3.68. The van der Waals surface area contributed by atoms with E-state index in [1.54, 1.807) is 18.3 Å². The van der Waals surface area contributed by atoms with E-state index in [2.05, 4.69) is 10.3 Å². The molecule has 0 saturated heterocycles. The number of esters is 1. The summed E-state index contributed by atoms with van der Waals surface area (Å²) in [6.45, 7) is 0. The molecule has 154 valence electrons. The maximum absolute atomic E-state index is 13.0. The summed E-state index contributed by atoms with van der Waals surface area (Å²) in [4.78, 5) is 29.7. The number of nitrogens with zero attached hydrogens (tertiary/aromatic N) is 1. The minimum atomic E-state index is -0.806. The number of benzene rings is 3. The van der Waals surface area contributed by atoms with Crippen molar-refractivity contribution in [2.75, 3.05) is 7.11 Å². The molecule has 1 heterocycles. The number of hydrogen-bond donors (Lipinski definition) is 1. The molecule has 5 heteroatoms. The van der Waals surface area contributed by atoms with Crippen molar-refractivity contribution in [3.8, 4) is 11.1 Å². The monoisotopic (exact) mass is 410 g/mol. The molecule has 31 heavy (non-hydrogen) atoms. The lowest BCUT2D eigenvalue weighted by molar-refractivity contribution is -0.142. The molecule has 0 saturated carbocycles. The zero-order chi connectivity index (χ0) is 21.6. The minimum Gasteiger partial charge on any atom is -0.467 e. The van der Waals surface area contributed by atoms with Crippen LogP contribution < -0.4 is 5.32 Å². The molecule has 0 fully saturated rings. The molecular weight excluding hydrogens is 388 g/mol. The van der Waals surface area contributed by atoms with Gasteiger partial charge in [-0.05, 0) is 28.8 Å². The quantitative estimate of drug-likeness (QED) is 0.478. The van der Waals surface area contributed by atoms with Crippen LogP contribution in [0.4, 0.5) is 0 Å². The van der Waals surface area contributed by atoms with E-state index in [4.69, 9.17) is 4.74 Å². The largest absolute Gasteiger partial charge is 0.467 e. The van der Waals surface area contributed by atoms with Gasteiger partial charge in [0.1, 0.15) is 6.04 Å². The zero-order valence-corrected chi connectivity index (χ0v) is 17.1. The molecule has 4 aromatic rings. The van der Waals surface area contributed by atoms with Crippen molar-refractivity contribution in [3.63, 3.8) is 0 Å². The van der Waals surface area contributed by atoms with Gasteiger partial charge in [-0.1, -0.05) is 72.8 Å². The molecule has 0 radical (unpaired) electrons. The van der Waals surface area contributed by atoms with E-state index in [1.165, 1.54) is 7.11 Å². The highest BCUT2D eigenvalue weighted by molar-refractivity contribution is 6.06. The van der Waals surface area contributed by atoms with Gasteiger partial charge in [0.05, 0.1) is 18.2 Å². The first-order valence-corrected chi connectivity index (χ1v) is 10.0. The van der Waals surface area contributed by atoms with Crippen molar-refractivity contribution >= 4 is 22.8 Å². The lowest BCUT2D eigenvalue weighted by atomic mass is 10.0. The summed E-state index contributed by atoms with van der Waals surface area (Å²) < 4.78 is 4.93. The summed E-state index contributed by atoms with van der Waals surface area (Å²) in [7, 11) is 1.32. The number of carbonyl (C=O) groups excluding carboxylic acids is 2. The lowest BCUT2D eigenvalue weighted by Crippen LogP contribution is -2.43. The fourth-order valence-corrected chi connectivity index (χ4v) is 3.56. The van der Waals surface area contributed by atoms with Gasteiger partial charge < -0.3 is 10.1 Å². The van der Waals surface area contributed by atoms with Crippen molar-refractivity contribution in [2.45, 2.75) is 12.5 Å². The average Bonchev–Trinajstić information content (AvgIpc) is 2.83. The van der Waals surface area contributed by atoms with E-state index >= 15 is 0 Å². The van der Waals surface area contributed by atoms with Gasteiger partial charge in [-0.15, -0.1) is 0 Å². The molecule has 1 atom stereocenters. The summed E-state index contributed by atoms with van der Waals surface area (Å²) in [5.74, 6) is -0.853. The summed E-state index contributed by atoms with van der Waals surface area (Å²) in [6, 6.07) is 26.3. The fraction of sp³-hybridized carbons (Fsp3) is 0.115. The molecule has 3 aromatic carbocycles. The number of ether oxygens (including phenoxy) is 1. The minimum absolute atomic E-state index is 0.325. The second-order valence-corrected chi connectivity index (χ2v) is 7.20. The van der Waals surface area contributed by atoms with Crippen molar-refractivity contribution in [2.24, 2.45) is 0 Å². The molecule has 0 aliphatic rings. The van der Waals surface area contributed by atoms with Crippen LogP contribution in [0.15, 0.2) is 91.1 Å². The van der Waals surface area contributed by atoms with Crippen LogP contribution in [0, 0.1) is 0 Å². The summed E-state index contributed by atoms with van der Waals surface area (Å²) in [6.07, 6.45) is 1.97. The first-order valence-electron chi connectivity index (χ1n) is 10.0. The van der Waals surface area contributed by atoms with Gasteiger partial charge in [0.2, 0.25) is 0 Å². The molecule has 1 aromatic heterocycles. The standard InChI is InChI=1S/C26H22N2O3/c1-31-26(30)23(17-18-12-14-20(15-13-18)19-7-3-2-4-8-19)28-25(29)22-11-5-9-21-10-6-16-27-24(21)22/h2-16,23H,17H2,1H3,(H,28,29)/t23-/m1/s1. The lowest BCUT2D eigenvalue weighted by Gasteiger charge is -2.17. The average molecular weight is 410 g/mol. The van der Waals surface area contributed by atoms with E-state index < -0.39 is 12.0 Å². The smallest absolute Gasteiger partial charge is 0.328 e. The Labute approximate surface area is 180 Å². The molecule has 1 amide bonds. The van der Waals surface area contributed by atoms with Gasteiger partial charge in [0, 0.05) is 18.0 Å². The number of rotatable bonds is 6. The topological polar surface area (TPSA) is 68.3 Å². The predicted octanol–water partition coefficient (Wildman–Crippen LogP) is 4.42. The van der Waals surface area contributed by atoms with Gasteiger partial charge in [0.25, 0.3) is 5.91 Å². The summed E-state index contributed by atoms with van der Waals surface area (Å²) in [5.41, 5.74) is 4.15. The first kappa shape index (κ1) is 20.3. The Bertz CT molecular complexity index is 1200. The first-order chi connectivity index (χ1) is 15.2. The van der Waals surface area contributed by atoms with Crippen molar-refractivity contribution in [3.05, 3.63) is 102 Å². The van der Waals surface area contributed by atoms with E-state index in [0.717, 1.165) is 22.1 Å². The molecule has 0 aliphatic carbocycles. The number of para-hydroxylation sites is 1. The number of methoxy groups -OCH3 is 1. The van der Waals surface area contributed by atoms with Crippen LogP contribution in [0.2, 0.25) is 0 Å². The predicted molar refractivity (Wildman–Crippen MR) is 121 cm³/mol. The highest BCUT2D eigenvalue weighted by atomic mass is 16.5. The van der Waals surface area contributed by atoms with Crippen LogP contribution in [0.3, 0.4) is 0 Å². The highest BCUT2D eigenvalue weighted by Gasteiger charge is 2.23. The van der Waals surface area contributed by atoms with Gasteiger partial charge >= 0.3 is 5.97 Å². The Kier molecular flexibility index (Phi) is 6.03. The third kappa shape index (κ3) is 4.61. The van der Waals surface area contributed by atoms with Gasteiger partial charge in [-0.3, -0.25) is 9.78 Å². The Morgan fingerprint density at radius 2 is 1.58 bits per heavy atom. The Morgan fingerprint density at radius 3 is 2.32 bits per heavy atom. The number of carbonyl (C=O) groups is 2. The zero-order valence-electron chi connectivity index (χ0n) is 17.1. The fourth-order valence-electron chi connectivity index (χ4n) is 3.56. The normalized spacial score (nSPS) is 11.6. The number of nitrogens with one attached hydrogen (secondary N) is 1. The van der Waals surface area contributed by atoms with Crippen LogP contribution >= 0.6 is 0 Å². The maximum Gasteiger partial charge on any atom is 0.328 e. The van der Waals surface area contributed by atoms with Crippen LogP contribution in [-0.4, -0.2) is 30.0 Å². The molecule has 0 unspecified atom stereocenters. The third-order valence-electron chi connectivity index (χ3n) is 5.17. The highest BCUT2D eigenvalue weighted by Crippen LogP contribution is 2.20. The SMILES string of the molecule is COC(=O)[C@@H](Cc1ccc(-c2ccccc2)cc1)NC(=O)c1cccc2cccnc12. The number of amides is 1. The molecule has 4 rings (SSSR count). The molecular formula is C26H22N2O3. The number of hydrogen-bond acceptors (Lipinski definition) is 4. The second kappa shape index (κ2) is 9.22. The van der Waals surface area contributed by atoms with E-state index in [1.807, 2.05) is 72.8 Å². The van der Waals surface area contributed by atoms with Crippen LogP contribution in [-0.2, 0) is 16.0 Å². The molecule has 0 aliphatic heterocycles. The van der Waals surface area contributed by atoms with Crippen molar-refractivity contribution in [1.29, 1.82) is 0 Å². The van der Waals surface area contributed by atoms with Crippen molar-refractivity contribution < 1.29 is 14.3 Å². The number of pyridine rings is 1.